The lowest BCUT2D eigenvalue weighted by atomic mass is 10.1. The second-order valence-electron chi connectivity index (χ2n) is 4.86. The van der Waals surface area contributed by atoms with Gasteiger partial charge in [-0.05, 0) is 24.9 Å². The van der Waals surface area contributed by atoms with Crippen molar-refractivity contribution in [1.82, 2.24) is 9.97 Å². The van der Waals surface area contributed by atoms with Gasteiger partial charge in [0.2, 0.25) is 5.95 Å². The van der Waals surface area contributed by atoms with Crippen molar-refractivity contribution in [3.8, 4) is 0 Å². The van der Waals surface area contributed by atoms with Crippen molar-refractivity contribution in [2.24, 2.45) is 11.7 Å². The molecular formula is C12H15N5O2. The summed E-state index contributed by atoms with van der Waals surface area (Å²) in [6.07, 6.45) is 1.06. The topological polar surface area (TPSA) is 101 Å². The molecule has 0 radical (unpaired) electrons. The minimum atomic E-state index is -0.403. The summed E-state index contributed by atoms with van der Waals surface area (Å²) >= 11 is 0. The molecule has 100 valence electrons. The summed E-state index contributed by atoms with van der Waals surface area (Å²) in [4.78, 5) is 20.1. The summed E-state index contributed by atoms with van der Waals surface area (Å²) in [6.45, 7) is 2.49. The Kier molecular flexibility index (Phi) is 2.83. The van der Waals surface area contributed by atoms with Gasteiger partial charge in [0.05, 0.1) is 16.0 Å². The van der Waals surface area contributed by atoms with Crippen LogP contribution in [0.4, 0.5) is 11.6 Å². The van der Waals surface area contributed by atoms with E-state index < -0.39 is 4.92 Å². The number of anilines is 1. The number of hydrogen-bond acceptors (Lipinski definition) is 5. The Labute approximate surface area is 109 Å². The molecule has 1 fully saturated rings. The van der Waals surface area contributed by atoms with Gasteiger partial charge < -0.3 is 15.6 Å². The van der Waals surface area contributed by atoms with Gasteiger partial charge in [0.1, 0.15) is 0 Å². The van der Waals surface area contributed by atoms with Crippen molar-refractivity contribution in [2.45, 2.75) is 6.42 Å². The second-order valence-corrected chi connectivity index (χ2v) is 4.86. The number of aromatic nitrogens is 2. The van der Waals surface area contributed by atoms with Gasteiger partial charge in [-0.15, -0.1) is 0 Å². The summed E-state index contributed by atoms with van der Waals surface area (Å²) in [5.41, 5.74) is 7.19. The van der Waals surface area contributed by atoms with Crippen molar-refractivity contribution < 1.29 is 4.92 Å². The van der Waals surface area contributed by atoms with Crippen LogP contribution in [0.2, 0.25) is 0 Å². The molecule has 3 rings (SSSR count). The molecule has 2 heterocycles. The highest BCUT2D eigenvalue weighted by atomic mass is 16.6. The highest BCUT2D eigenvalue weighted by molar-refractivity contribution is 5.80. The van der Waals surface area contributed by atoms with Crippen LogP contribution in [0, 0.1) is 16.0 Å². The standard InChI is InChI=1S/C12H15N5O2/c13-6-8-3-4-16(7-8)12-14-10-2-1-9(17(18)19)5-11(10)15-12/h1-2,5,8H,3-4,6-7,13H2,(H,14,15). The molecule has 7 heteroatoms. The predicted molar refractivity (Wildman–Crippen MR) is 72.1 cm³/mol. The van der Waals surface area contributed by atoms with Crippen LogP contribution in [0.25, 0.3) is 11.0 Å². The normalized spacial score (nSPS) is 19.2. The first-order chi connectivity index (χ1) is 9.17. The van der Waals surface area contributed by atoms with Crippen LogP contribution in [0.3, 0.4) is 0 Å². The van der Waals surface area contributed by atoms with Crippen LogP contribution in [-0.4, -0.2) is 34.5 Å². The Morgan fingerprint density at radius 1 is 1.58 bits per heavy atom. The maximum absolute atomic E-state index is 10.7. The van der Waals surface area contributed by atoms with E-state index in [1.165, 1.54) is 12.1 Å². The number of nitrogens with two attached hydrogens (primary N) is 1. The highest BCUT2D eigenvalue weighted by Crippen LogP contribution is 2.25. The number of rotatable bonds is 3. The molecule has 1 aliphatic heterocycles. The summed E-state index contributed by atoms with van der Waals surface area (Å²) in [5.74, 6) is 1.27. The summed E-state index contributed by atoms with van der Waals surface area (Å²) in [7, 11) is 0. The molecular weight excluding hydrogens is 246 g/mol. The van der Waals surface area contributed by atoms with E-state index in [4.69, 9.17) is 5.73 Å². The number of aromatic amines is 1. The van der Waals surface area contributed by atoms with Crippen molar-refractivity contribution in [1.29, 1.82) is 0 Å². The Morgan fingerprint density at radius 3 is 3.11 bits per heavy atom. The summed E-state index contributed by atoms with van der Waals surface area (Å²) < 4.78 is 0. The Bertz CT molecular complexity index is 624. The van der Waals surface area contributed by atoms with E-state index in [9.17, 15) is 10.1 Å². The third-order valence-electron chi connectivity index (χ3n) is 3.58. The lowest BCUT2D eigenvalue weighted by molar-refractivity contribution is -0.384. The molecule has 0 bridgehead atoms. The van der Waals surface area contributed by atoms with Gasteiger partial charge in [0.15, 0.2) is 0 Å². The first kappa shape index (κ1) is 11.9. The molecule has 1 unspecified atom stereocenters. The van der Waals surface area contributed by atoms with E-state index >= 15 is 0 Å². The lowest BCUT2D eigenvalue weighted by Crippen LogP contribution is -2.23. The molecule has 7 nitrogen and oxygen atoms in total. The van der Waals surface area contributed by atoms with Crippen LogP contribution in [0.5, 0.6) is 0 Å². The van der Waals surface area contributed by atoms with Crippen molar-refractivity contribution in [3.63, 3.8) is 0 Å². The quantitative estimate of drug-likeness (QED) is 0.639. The lowest BCUT2D eigenvalue weighted by Gasteiger charge is -2.14. The number of non-ortho nitro benzene ring substituents is 1. The van der Waals surface area contributed by atoms with Gasteiger partial charge in [-0.1, -0.05) is 0 Å². The fourth-order valence-corrected chi connectivity index (χ4v) is 2.46. The number of fused-ring (bicyclic) bond motifs is 1. The van der Waals surface area contributed by atoms with Crippen LogP contribution in [0.15, 0.2) is 18.2 Å². The molecule has 19 heavy (non-hydrogen) atoms. The molecule has 1 atom stereocenters. The number of nitro benzene ring substituents is 1. The van der Waals surface area contributed by atoms with Gasteiger partial charge in [-0.25, -0.2) is 4.98 Å². The number of nitrogens with one attached hydrogen (secondary N) is 1. The van der Waals surface area contributed by atoms with E-state index in [0.29, 0.717) is 18.0 Å². The fourth-order valence-electron chi connectivity index (χ4n) is 2.46. The van der Waals surface area contributed by atoms with E-state index in [2.05, 4.69) is 14.9 Å². The number of nitro groups is 1. The van der Waals surface area contributed by atoms with Gasteiger partial charge in [0.25, 0.3) is 5.69 Å². The zero-order valence-electron chi connectivity index (χ0n) is 10.4. The molecule has 3 N–H and O–H groups in total. The number of nitrogens with zero attached hydrogens (tertiary/aromatic N) is 3. The van der Waals surface area contributed by atoms with E-state index in [0.717, 1.165) is 31.0 Å². The maximum atomic E-state index is 10.7. The molecule has 0 aliphatic carbocycles. The second kappa shape index (κ2) is 4.51. The predicted octanol–water partition coefficient (Wildman–Crippen LogP) is 1.26. The number of benzene rings is 1. The Morgan fingerprint density at radius 2 is 2.42 bits per heavy atom. The van der Waals surface area contributed by atoms with Crippen LogP contribution in [-0.2, 0) is 0 Å². The fraction of sp³-hybridized carbons (Fsp3) is 0.417. The van der Waals surface area contributed by atoms with Gasteiger partial charge in [-0.2, -0.15) is 0 Å². The van der Waals surface area contributed by atoms with E-state index in [1.807, 2.05) is 0 Å². The SMILES string of the molecule is NCC1CCN(c2nc3ccc([N+](=O)[O-])cc3[nH]2)C1. The van der Waals surface area contributed by atoms with Crippen LogP contribution < -0.4 is 10.6 Å². The van der Waals surface area contributed by atoms with Crippen molar-refractivity contribution >= 4 is 22.7 Å². The third kappa shape index (κ3) is 2.12. The smallest absolute Gasteiger partial charge is 0.271 e. The van der Waals surface area contributed by atoms with E-state index in [1.54, 1.807) is 6.07 Å². The average Bonchev–Trinajstić information content (AvgIpc) is 3.03. The molecule has 0 spiro atoms. The number of H-pyrrole nitrogens is 1. The third-order valence-corrected chi connectivity index (χ3v) is 3.58. The van der Waals surface area contributed by atoms with Gasteiger partial charge in [0, 0.05) is 25.2 Å². The first-order valence-electron chi connectivity index (χ1n) is 6.26. The Balaban J connectivity index is 1.91. The molecule has 1 aromatic carbocycles. The van der Waals surface area contributed by atoms with Crippen molar-refractivity contribution in [3.05, 3.63) is 28.3 Å². The molecule has 1 saturated heterocycles. The monoisotopic (exact) mass is 261 g/mol. The molecule has 1 aliphatic rings. The molecule has 0 amide bonds. The minimum Gasteiger partial charge on any atom is -0.342 e. The first-order valence-corrected chi connectivity index (χ1v) is 6.26. The maximum Gasteiger partial charge on any atom is 0.271 e. The summed E-state index contributed by atoms with van der Waals surface area (Å²) in [5, 5.41) is 10.7. The number of imidazole rings is 1. The molecule has 0 saturated carbocycles. The van der Waals surface area contributed by atoms with Gasteiger partial charge >= 0.3 is 0 Å². The summed E-state index contributed by atoms with van der Waals surface area (Å²) in [6, 6.07) is 4.66. The minimum absolute atomic E-state index is 0.0731. The Hall–Kier alpha value is -2.15. The van der Waals surface area contributed by atoms with Crippen molar-refractivity contribution in [2.75, 3.05) is 24.5 Å². The van der Waals surface area contributed by atoms with Crippen LogP contribution in [0.1, 0.15) is 6.42 Å². The van der Waals surface area contributed by atoms with Gasteiger partial charge in [-0.3, -0.25) is 10.1 Å². The number of hydrogen-bond donors (Lipinski definition) is 2. The van der Waals surface area contributed by atoms with E-state index in [-0.39, 0.29) is 5.69 Å². The zero-order chi connectivity index (χ0) is 13.4. The van der Waals surface area contributed by atoms with Crippen LogP contribution >= 0.6 is 0 Å². The molecule has 2 aromatic rings. The highest BCUT2D eigenvalue weighted by Gasteiger charge is 2.23. The largest absolute Gasteiger partial charge is 0.342 e. The average molecular weight is 261 g/mol. The zero-order valence-corrected chi connectivity index (χ0v) is 10.4. The molecule has 1 aromatic heterocycles.